The fourth-order valence-corrected chi connectivity index (χ4v) is 2.51. The molecule has 3 nitrogen and oxygen atoms in total. The van der Waals surface area contributed by atoms with Crippen LogP contribution in [0.4, 0.5) is 13.2 Å². The van der Waals surface area contributed by atoms with Crippen molar-refractivity contribution in [2.24, 2.45) is 0 Å². The van der Waals surface area contributed by atoms with Crippen molar-refractivity contribution in [1.82, 2.24) is 10.2 Å². The number of piperidine rings is 1. The van der Waals surface area contributed by atoms with Gasteiger partial charge in [0.15, 0.2) is 0 Å². The smallest absolute Gasteiger partial charge is 0.372 e. The minimum absolute atomic E-state index is 0.162. The van der Waals surface area contributed by atoms with Crippen LogP contribution in [0.15, 0.2) is 0 Å². The number of rotatable bonds is 9. The number of ether oxygens (including phenoxy) is 1. The first-order valence-corrected chi connectivity index (χ1v) is 7.58. The van der Waals surface area contributed by atoms with Gasteiger partial charge in [0.1, 0.15) is 6.61 Å². The SMILES string of the molecule is CC1CCCCN1CCCNCCCOCC(F)(F)F. The van der Waals surface area contributed by atoms with Gasteiger partial charge in [0.2, 0.25) is 0 Å². The van der Waals surface area contributed by atoms with Gasteiger partial charge in [0.05, 0.1) is 0 Å². The lowest BCUT2D eigenvalue weighted by atomic mass is 10.0. The molecule has 1 heterocycles. The first-order valence-electron chi connectivity index (χ1n) is 7.58. The third-order valence-electron chi connectivity index (χ3n) is 3.65. The number of likely N-dealkylation sites (tertiary alicyclic amines) is 1. The van der Waals surface area contributed by atoms with Crippen LogP contribution in [0.2, 0.25) is 0 Å². The summed E-state index contributed by atoms with van der Waals surface area (Å²) >= 11 is 0. The summed E-state index contributed by atoms with van der Waals surface area (Å²) in [5, 5.41) is 3.25. The number of alkyl halides is 3. The van der Waals surface area contributed by atoms with Gasteiger partial charge in [-0.05, 0) is 58.8 Å². The first kappa shape index (κ1) is 17.7. The Labute approximate surface area is 119 Å². The van der Waals surface area contributed by atoms with Crippen molar-refractivity contribution in [3.8, 4) is 0 Å². The summed E-state index contributed by atoms with van der Waals surface area (Å²) in [5.41, 5.74) is 0. The number of halogens is 3. The van der Waals surface area contributed by atoms with E-state index in [-0.39, 0.29) is 6.61 Å². The lowest BCUT2D eigenvalue weighted by Crippen LogP contribution is -2.39. The molecule has 0 saturated carbocycles. The second-order valence-electron chi connectivity index (χ2n) is 5.51. The molecule has 1 rings (SSSR count). The van der Waals surface area contributed by atoms with Crippen molar-refractivity contribution in [3.63, 3.8) is 0 Å². The van der Waals surface area contributed by atoms with Gasteiger partial charge >= 0.3 is 6.18 Å². The summed E-state index contributed by atoms with van der Waals surface area (Å²) < 4.78 is 39.9. The van der Waals surface area contributed by atoms with Crippen LogP contribution >= 0.6 is 0 Å². The number of nitrogens with one attached hydrogen (secondary N) is 1. The highest BCUT2D eigenvalue weighted by Crippen LogP contribution is 2.16. The van der Waals surface area contributed by atoms with E-state index in [0.717, 1.165) is 19.5 Å². The molecule has 0 spiro atoms. The van der Waals surface area contributed by atoms with E-state index in [1.54, 1.807) is 0 Å². The molecule has 0 aromatic rings. The van der Waals surface area contributed by atoms with Gasteiger partial charge in [0, 0.05) is 12.6 Å². The Morgan fingerprint density at radius 2 is 1.95 bits per heavy atom. The maximum absolute atomic E-state index is 11.8. The molecule has 6 heteroatoms. The third-order valence-corrected chi connectivity index (χ3v) is 3.65. The molecule has 0 aromatic heterocycles. The zero-order chi connectivity index (χ0) is 14.8. The topological polar surface area (TPSA) is 24.5 Å². The number of hydrogen-bond acceptors (Lipinski definition) is 3. The molecule has 1 fully saturated rings. The number of hydrogen-bond donors (Lipinski definition) is 1. The zero-order valence-corrected chi connectivity index (χ0v) is 12.3. The van der Waals surface area contributed by atoms with Crippen LogP contribution in [0.1, 0.15) is 39.0 Å². The fourth-order valence-electron chi connectivity index (χ4n) is 2.51. The van der Waals surface area contributed by atoms with Gasteiger partial charge in [-0.1, -0.05) is 6.42 Å². The Morgan fingerprint density at radius 1 is 1.20 bits per heavy atom. The first-order chi connectivity index (χ1) is 9.49. The Morgan fingerprint density at radius 3 is 2.65 bits per heavy atom. The fraction of sp³-hybridized carbons (Fsp3) is 1.00. The van der Waals surface area contributed by atoms with Gasteiger partial charge in [-0.15, -0.1) is 0 Å². The largest absolute Gasteiger partial charge is 0.411 e. The van der Waals surface area contributed by atoms with E-state index in [9.17, 15) is 13.2 Å². The molecule has 1 N–H and O–H groups in total. The molecule has 1 aliphatic heterocycles. The van der Waals surface area contributed by atoms with Gasteiger partial charge in [0.25, 0.3) is 0 Å². The second kappa shape index (κ2) is 9.58. The molecule has 0 bridgehead atoms. The van der Waals surface area contributed by atoms with Crippen molar-refractivity contribution in [3.05, 3.63) is 0 Å². The molecular weight excluding hydrogens is 269 g/mol. The molecule has 0 aromatic carbocycles. The maximum atomic E-state index is 11.8. The molecular formula is C14H27F3N2O. The van der Waals surface area contributed by atoms with Crippen molar-refractivity contribution >= 4 is 0 Å². The predicted octanol–water partition coefficient (Wildman–Crippen LogP) is 2.81. The molecule has 1 aliphatic rings. The highest BCUT2D eigenvalue weighted by Gasteiger charge is 2.27. The zero-order valence-electron chi connectivity index (χ0n) is 12.3. The third kappa shape index (κ3) is 8.76. The van der Waals surface area contributed by atoms with Gasteiger partial charge in [-0.3, -0.25) is 0 Å². The van der Waals surface area contributed by atoms with E-state index < -0.39 is 12.8 Å². The van der Waals surface area contributed by atoms with Crippen molar-refractivity contribution < 1.29 is 17.9 Å². The predicted molar refractivity (Wildman–Crippen MR) is 73.9 cm³/mol. The highest BCUT2D eigenvalue weighted by molar-refractivity contribution is 4.72. The standard InChI is InChI=1S/C14H27F3N2O/c1-13-6-2-3-9-19(13)10-4-7-18-8-5-11-20-12-14(15,16)17/h13,18H,2-12H2,1H3. The molecule has 0 amide bonds. The van der Waals surface area contributed by atoms with E-state index >= 15 is 0 Å². The second-order valence-corrected chi connectivity index (χ2v) is 5.51. The molecule has 1 saturated heterocycles. The van der Waals surface area contributed by atoms with Gasteiger partial charge in [-0.25, -0.2) is 0 Å². The normalized spacial score (nSPS) is 21.3. The average molecular weight is 296 g/mol. The quantitative estimate of drug-likeness (QED) is 0.662. The van der Waals surface area contributed by atoms with Crippen molar-refractivity contribution in [2.75, 3.05) is 39.4 Å². The summed E-state index contributed by atoms with van der Waals surface area (Å²) in [6.45, 7) is 5.25. The number of nitrogens with zero attached hydrogens (tertiary/aromatic N) is 1. The lowest BCUT2D eigenvalue weighted by Gasteiger charge is -2.33. The Balaban J connectivity index is 1.85. The summed E-state index contributed by atoms with van der Waals surface area (Å²) in [6.07, 6.45) is 1.44. The van der Waals surface area contributed by atoms with Crippen LogP contribution in [0.3, 0.4) is 0 Å². The minimum Gasteiger partial charge on any atom is -0.372 e. The molecule has 1 unspecified atom stereocenters. The summed E-state index contributed by atoms with van der Waals surface area (Å²) in [7, 11) is 0. The van der Waals surface area contributed by atoms with Crippen LogP contribution in [0, 0.1) is 0 Å². The average Bonchev–Trinajstić information content (AvgIpc) is 2.37. The van der Waals surface area contributed by atoms with E-state index in [0.29, 0.717) is 19.0 Å². The van der Waals surface area contributed by atoms with Gasteiger partial charge in [-0.2, -0.15) is 13.2 Å². The Bertz CT molecular complexity index is 249. The van der Waals surface area contributed by atoms with Crippen LogP contribution in [-0.2, 0) is 4.74 Å². The summed E-state index contributed by atoms with van der Waals surface area (Å²) in [5.74, 6) is 0. The van der Waals surface area contributed by atoms with Crippen LogP contribution < -0.4 is 5.32 Å². The molecule has 20 heavy (non-hydrogen) atoms. The lowest BCUT2D eigenvalue weighted by molar-refractivity contribution is -0.173. The van der Waals surface area contributed by atoms with Gasteiger partial charge < -0.3 is 15.0 Å². The van der Waals surface area contributed by atoms with Crippen molar-refractivity contribution in [1.29, 1.82) is 0 Å². The summed E-state index contributed by atoms with van der Waals surface area (Å²) in [4.78, 5) is 2.53. The van der Waals surface area contributed by atoms with Crippen LogP contribution in [-0.4, -0.2) is 56.5 Å². The van der Waals surface area contributed by atoms with Crippen molar-refractivity contribution in [2.45, 2.75) is 51.2 Å². The Kier molecular flexibility index (Phi) is 8.49. The van der Waals surface area contributed by atoms with Crippen LogP contribution in [0.5, 0.6) is 0 Å². The molecule has 0 aliphatic carbocycles. The van der Waals surface area contributed by atoms with E-state index in [2.05, 4.69) is 21.9 Å². The molecule has 1 atom stereocenters. The molecule has 0 radical (unpaired) electrons. The Hall–Kier alpha value is -0.330. The van der Waals surface area contributed by atoms with Crippen LogP contribution in [0.25, 0.3) is 0 Å². The maximum Gasteiger partial charge on any atom is 0.411 e. The minimum atomic E-state index is -4.21. The monoisotopic (exact) mass is 296 g/mol. The van der Waals surface area contributed by atoms with E-state index in [1.165, 1.54) is 25.8 Å². The molecule has 120 valence electrons. The highest BCUT2D eigenvalue weighted by atomic mass is 19.4. The van der Waals surface area contributed by atoms with E-state index in [4.69, 9.17) is 0 Å². The summed E-state index contributed by atoms with van der Waals surface area (Å²) in [6, 6.07) is 0.694. The van der Waals surface area contributed by atoms with E-state index in [1.807, 2.05) is 0 Å².